The molecule has 0 radical (unpaired) electrons. The number of hydrogen-bond donors (Lipinski definition) is 0. The molecule has 1 aliphatic rings. The van der Waals surface area contributed by atoms with Gasteiger partial charge in [0.25, 0.3) is 0 Å². The van der Waals surface area contributed by atoms with E-state index in [1.807, 2.05) is 11.8 Å². The fraction of sp³-hybridized carbons (Fsp3) is 0.889. The summed E-state index contributed by atoms with van der Waals surface area (Å²) < 4.78 is 5.19. The van der Waals surface area contributed by atoms with Crippen LogP contribution in [0.1, 0.15) is 13.3 Å². The lowest BCUT2D eigenvalue weighted by atomic mass is 10.2. The van der Waals surface area contributed by atoms with Crippen molar-refractivity contribution >= 4 is 17.5 Å². The average molecular weight is 206 g/mol. The highest BCUT2D eigenvalue weighted by atomic mass is 35.5. The van der Waals surface area contributed by atoms with E-state index in [1.165, 1.54) is 0 Å². The van der Waals surface area contributed by atoms with Crippen LogP contribution < -0.4 is 0 Å². The molecule has 1 saturated heterocycles. The molecule has 0 saturated carbocycles. The summed E-state index contributed by atoms with van der Waals surface area (Å²) >= 11 is 5.69. The summed E-state index contributed by atoms with van der Waals surface area (Å²) in [6.07, 6.45) is 0.607. The summed E-state index contributed by atoms with van der Waals surface area (Å²) in [5, 5.41) is 0. The highest BCUT2D eigenvalue weighted by Gasteiger charge is 2.28. The summed E-state index contributed by atoms with van der Waals surface area (Å²) in [4.78, 5) is 13.2. The van der Waals surface area contributed by atoms with Crippen molar-refractivity contribution in [1.29, 1.82) is 0 Å². The Morgan fingerprint density at radius 3 is 3.00 bits per heavy atom. The van der Waals surface area contributed by atoms with E-state index in [2.05, 4.69) is 0 Å². The maximum atomic E-state index is 11.3. The average Bonchev–Trinajstić information content (AvgIpc) is 2.48. The molecule has 1 rings (SSSR count). The second kappa shape index (κ2) is 5.45. The Morgan fingerprint density at radius 1 is 1.69 bits per heavy atom. The first kappa shape index (κ1) is 10.8. The van der Waals surface area contributed by atoms with Crippen LogP contribution in [-0.2, 0) is 9.53 Å². The number of ether oxygens (including phenoxy) is 1. The zero-order valence-electron chi connectivity index (χ0n) is 7.96. The van der Waals surface area contributed by atoms with Gasteiger partial charge in [0, 0.05) is 32.0 Å². The second-order valence-corrected chi connectivity index (χ2v) is 3.57. The highest BCUT2D eigenvalue weighted by molar-refractivity contribution is 6.18. The number of amides is 1. The Labute approximate surface area is 84.0 Å². The maximum Gasteiger partial charge on any atom is 0.223 e. The highest BCUT2D eigenvalue weighted by Crippen LogP contribution is 2.18. The summed E-state index contributed by atoms with van der Waals surface area (Å²) in [6, 6.07) is 0. The minimum atomic E-state index is 0.213. The molecule has 0 aromatic rings. The van der Waals surface area contributed by atoms with Crippen molar-refractivity contribution in [2.75, 3.05) is 32.2 Å². The fourth-order valence-electron chi connectivity index (χ4n) is 1.49. The van der Waals surface area contributed by atoms with Gasteiger partial charge in [-0.15, -0.1) is 11.6 Å². The van der Waals surface area contributed by atoms with Crippen molar-refractivity contribution in [2.45, 2.75) is 13.3 Å². The number of nitrogens with zero attached hydrogens (tertiary/aromatic N) is 1. The molecule has 0 N–H and O–H groups in total. The third-order valence-electron chi connectivity index (χ3n) is 2.22. The van der Waals surface area contributed by atoms with Crippen LogP contribution in [0.25, 0.3) is 0 Å². The van der Waals surface area contributed by atoms with Crippen LogP contribution in [0.15, 0.2) is 0 Å². The number of hydrogen-bond acceptors (Lipinski definition) is 2. The minimum Gasteiger partial charge on any atom is -0.380 e. The molecule has 1 unspecified atom stereocenters. The smallest absolute Gasteiger partial charge is 0.223 e. The van der Waals surface area contributed by atoms with Crippen LogP contribution in [0.5, 0.6) is 0 Å². The zero-order valence-corrected chi connectivity index (χ0v) is 8.72. The van der Waals surface area contributed by atoms with Crippen LogP contribution in [0.2, 0.25) is 0 Å². The molecule has 1 fully saturated rings. The first-order chi connectivity index (χ1) is 6.27. The molecule has 1 atom stereocenters. The van der Waals surface area contributed by atoms with Crippen molar-refractivity contribution in [3.63, 3.8) is 0 Å². The normalized spacial score (nSPS) is 22.8. The van der Waals surface area contributed by atoms with Gasteiger partial charge in [-0.3, -0.25) is 4.79 Å². The van der Waals surface area contributed by atoms with E-state index in [-0.39, 0.29) is 5.91 Å². The molecular formula is C9H16ClNO2. The van der Waals surface area contributed by atoms with Gasteiger partial charge >= 0.3 is 0 Å². The number of likely N-dealkylation sites (tertiary alicyclic amines) is 1. The summed E-state index contributed by atoms with van der Waals surface area (Å²) in [6.45, 7) is 4.81. The molecular weight excluding hydrogens is 190 g/mol. The van der Waals surface area contributed by atoms with E-state index in [9.17, 15) is 4.79 Å². The standard InChI is InChI=1S/C9H16ClNO2/c1-2-13-4-3-11-7-8(6-10)5-9(11)12/h8H,2-7H2,1H3. The topological polar surface area (TPSA) is 29.5 Å². The Bertz CT molecular complexity index is 175. The van der Waals surface area contributed by atoms with Crippen LogP contribution >= 0.6 is 11.6 Å². The predicted octanol–water partition coefficient (Wildman–Crippen LogP) is 1.11. The van der Waals surface area contributed by atoms with Crippen LogP contribution in [0.4, 0.5) is 0 Å². The fourth-order valence-corrected chi connectivity index (χ4v) is 1.70. The number of halogens is 1. The molecule has 0 aromatic heterocycles. The molecule has 0 bridgehead atoms. The van der Waals surface area contributed by atoms with Gasteiger partial charge in [0.15, 0.2) is 0 Å². The minimum absolute atomic E-state index is 0.213. The van der Waals surface area contributed by atoms with E-state index in [0.29, 0.717) is 38.0 Å². The van der Waals surface area contributed by atoms with E-state index in [1.54, 1.807) is 0 Å². The SMILES string of the molecule is CCOCCN1CC(CCl)CC1=O. The van der Waals surface area contributed by atoms with Gasteiger partial charge in [-0.2, -0.15) is 0 Å². The van der Waals surface area contributed by atoms with Crippen LogP contribution in [-0.4, -0.2) is 43.0 Å². The van der Waals surface area contributed by atoms with E-state index < -0.39 is 0 Å². The Kier molecular flexibility index (Phi) is 4.53. The molecule has 3 nitrogen and oxygen atoms in total. The monoisotopic (exact) mass is 205 g/mol. The van der Waals surface area contributed by atoms with Crippen molar-refractivity contribution in [2.24, 2.45) is 5.92 Å². The molecule has 0 spiro atoms. The van der Waals surface area contributed by atoms with Gasteiger partial charge in [-0.1, -0.05) is 0 Å². The lowest BCUT2D eigenvalue weighted by Crippen LogP contribution is -2.29. The zero-order chi connectivity index (χ0) is 9.68. The number of rotatable bonds is 5. The van der Waals surface area contributed by atoms with E-state index in [0.717, 1.165) is 6.54 Å². The van der Waals surface area contributed by atoms with Gasteiger partial charge in [0.1, 0.15) is 0 Å². The Morgan fingerprint density at radius 2 is 2.46 bits per heavy atom. The van der Waals surface area contributed by atoms with Crippen molar-refractivity contribution in [3.8, 4) is 0 Å². The number of carbonyl (C=O) groups is 1. The number of carbonyl (C=O) groups excluding carboxylic acids is 1. The van der Waals surface area contributed by atoms with Gasteiger partial charge in [-0.05, 0) is 12.8 Å². The van der Waals surface area contributed by atoms with Crippen molar-refractivity contribution in [1.82, 2.24) is 4.90 Å². The first-order valence-corrected chi connectivity index (χ1v) is 5.22. The molecule has 13 heavy (non-hydrogen) atoms. The Hall–Kier alpha value is -0.280. The van der Waals surface area contributed by atoms with Crippen molar-refractivity contribution in [3.05, 3.63) is 0 Å². The van der Waals surface area contributed by atoms with E-state index >= 15 is 0 Å². The molecule has 1 heterocycles. The maximum absolute atomic E-state index is 11.3. The molecule has 0 aliphatic carbocycles. The third-order valence-corrected chi connectivity index (χ3v) is 2.66. The summed E-state index contributed by atoms with van der Waals surface area (Å²) in [5.74, 6) is 1.14. The third kappa shape index (κ3) is 3.16. The summed E-state index contributed by atoms with van der Waals surface area (Å²) in [5.41, 5.74) is 0. The molecule has 76 valence electrons. The lowest BCUT2D eigenvalue weighted by Gasteiger charge is -2.15. The van der Waals surface area contributed by atoms with Gasteiger partial charge in [-0.25, -0.2) is 0 Å². The number of alkyl halides is 1. The predicted molar refractivity (Wildman–Crippen MR) is 51.9 cm³/mol. The molecule has 0 aromatic carbocycles. The van der Waals surface area contributed by atoms with Crippen LogP contribution in [0.3, 0.4) is 0 Å². The lowest BCUT2D eigenvalue weighted by molar-refractivity contribution is -0.128. The van der Waals surface area contributed by atoms with Crippen molar-refractivity contribution < 1.29 is 9.53 Å². The largest absolute Gasteiger partial charge is 0.380 e. The molecule has 1 amide bonds. The van der Waals surface area contributed by atoms with Gasteiger partial charge < -0.3 is 9.64 Å². The second-order valence-electron chi connectivity index (χ2n) is 3.26. The molecule has 4 heteroatoms. The van der Waals surface area contributed by atoms with Crippen LogP contribution in [0, 0.1) is 5.92 Å². The summed E-state index contributed by atoms with van der Waals surface area (Å²) in [7, 11) is 0. The first-order valence-electron chi connectivity index (χ1n) is 4.69. The van der Waals surface area contributed by atoms with Gasteiger partial charge in [0.2, 0.25) is 5.91 Å². The Balaban J connectivity index is 2.23. The van der Waals surface area contributed by atoms with Gasteiger partial charge in [0.05, 0.1) is 6.61 Å². The quantitative estimate of drug-likeness (QED) is 0.497. The molecule has 1 aliphatic heterocycles. The van der Waals surface area contributed by atoms with E-state index in [4.69, 9.17) is 16.3 Å².